The number of aromatic amines is 1. The van der Waals surface area contributed by atoms with Gasteiger partial charge in [-0.05, 0) is 56.9 Å². The lowest BCUT2D eigenvalue weighted by atomic mass is 9.92. The van der Waals surface area contributed by atoms with Gasteiger partial charge in [-0.1, -0.05) is 6.92 Å². The molecule has 1 aromatic carbocycles. The van der Waals surface area contributed by atoms with Gasteiger partial charge < -0.3 is 20.3 Å². The van der Waals surface area contributed by atoms with Crippen molar-refractivity contribution in [2.24, 2.45) is 0 Å². The normalized spacial score (nSPS) is 20.3. The van der Waals surface area contributed by atoms with Crippen molar-refractivity contribution >= 4 is 29.3 Å². The Bertz CT molecular complexity index is 1050. The zero-order chi connectivity index (χ0) is 22.7. The second-order valence-corrected chi connectivity index (χ2v) is 8.15. The first-order valence-corrected chi connectivity index (χ1v) is 11.2. The van der Waals surface area contributed by atoms with Gasteiger partial charge >= 0.3 is 0 Å². The molecule has 0 spiro atoms. The smallest absolute Gasteiger partial charge is 0.258 e. The summed E-state index contributed by atoms with van der Waals surface area (Å²) in [6, 6.07) is 7.25. The molecule has 1 aromatic heterocycles. The number of rotatable bonds is 6. The first-order chi connectivity index (χ1) is 15.5. The van der Waals surface area contributed by atoms with E-state index in [0.717, 1.165) is 32.2 Å². The monoisotopic (exact) mass is 439 g/mol. The second-order valence-electron chi connectivity index (χ2n) is 8.15. The van der Waals surface area contributed by atoms with Gasteiger partial charge in [-0.25, -0.2) is 0 Å². The van der Waals surface area contributed by atoms with E-state index < -0.39 is 17.4 Å². The minimum atomic E-state index is -0.918. The summed E-state index contributed by atoms with van der Waals surface area (Å²) in [4.78, 5) is 47.9. The second kappa shape index (κ2) is 9.42. The molecule has 9 heteroatoms. The number of H-pyrrole nitrogens is 1. The minimum Gasteiger partial charge on any atom is -0.494 e. The number of nitrogens with one attached hydrogen (secondary N) is 3. The Morgan fingerprint density at radius 3 is 2.72 bits per heavy atom. The summed E-state index contributed by atoms with van der Waals surface area (Å²) < 4.78 is 5.41. The zero-order valence-electron chi connectivity index (χ0n) is 18.4. The summed E-state index contributed by atoms with van der Waals surface area (Å²) >= 11 is 0. The number of nitrogens with zero attached hydrogens (tertiary/aromatic N) is 2. The summed E-state index contributed by atoms with van der Waals surface area (Å²) in [5, 5.41) is 5.49. The van der Waals surface area contributed by atoms with Gasteiger partial charge in [0.05, 0.1) is 18.1 Å². The van der Waals surface area contributed by atoms with Crippen LogP contribution in [0.25, 0.3) is 0 Å². The van der Waals surface area contributed by atoms with E-state index in [-0.39, 0.29) is 23.7 Å². The molecular formula is C23H29N5O4. The van der Waals surface area contributed by atoms with Crippen molar-refractivity contribution in [2.45, 2.75) is 57.9 Å². The molecular weight excluding hydrogens is 410 g/mol. The molecule has 1 saturated heterocycles. The van der Waals surface area contributed by atoms with Crippen LogP contribution in [0.5, 0.6) is 5.75 Å². The van der Waals surface area contributed by atoms with Crippen LogP contribution < -0.4 is 25.8 Å². The Labute approximate surface area is 186 Å². The number of aromatic nitrogens is 2. The SMILES string of the molecule is CCOc1ccc(NC(=O)[C@@H]2CC(=O)Nc3nc(N4CCCC[C@@H]4CC)[nH]c(=O)c32)cc1. The largest absolute Gasteiger partial charge is 0.494 e. The molecule has 0 bridgehead atoms. The highest BCUT2D eigenvalue weighted by Gasteiger charge is 2.35. The summed E-state index contributed by atoms with van der Waals surface area (Å²) in [5.41, 5.74) is 0.366. The molecule has 32 heavy (non-hydrogen) atoms. The van der Waals surface area contributed by atoms with Crippen LogP contribution in [0.4, 0.5) is 17.5 Å². The van der Waals surface area contributed by atoms with Gasteiger partial charge in [0.2, 0.25) is 17.8 Å². The van der Waals surface area contributed by atoms with E-state index in [1.165, 1.54) is 0 Å². The van der Waals surface area contributed by atoms with Crippen LogP contribution in [0, 0.1) is 0 Å². The highest BCUT2D eigenvalue weighted by atomic mass is 16.5. The Morgan fingerprint density at radius 2 is 2.00 bits per heavy atom. The van der Waals surface area contributed by atoms with E-state index in [1.54, 1.807) is 24.3 Å². The molecule has 9 nitrogen and oxygen atoms in total. The van der Waals surface area contributed by atoms with Crippen molar-refractivity contribution in [3.8, 4) is 5.75 Å². The highest BCUT2D eigenvalue weighted by molar-refractivity contribution is 6.04. The average molecular weight is 440 g/mol. The highest BCUT2D eigenvalue weighted by Crippen LogP contribution is 2.32. The quantitative estimate of drug-likeness (QED) is 0.637. The van der Waals surface area contributed by atoms with Crippen molar-refractivity contribution < 1.29 is 14.3 Å². The van der Waals surface area contributed by atoms with Crippen molar-refractivity contribution in [3.05, 3.63) is 40.2 Å². The predicted molar refractivity (Wildman–Crippen MR) is 122 cm³/mol. The Balaban J connectivity index is 1.60. The lowest BCUT2D eigenvalue weighted by Gasteiger charge is -2.36. The number of piperidine rings is 1. The molecule has 0 aliphatic carbocycles. The summed E-state index contributed by atoms with van der Waals surface area (Å²) in [7, 11) is 0. The van der Waals surface area contributed by atoms with E-state index in [9.17, 15) is 14.4 Å². The Morgan fingerprint density at radius 1 is 1.22 bits per heavy atom. The topological polar surface area (TPSA) is 116 Å². The molecule has 2 amide bonds. The number of benzene rings is 1. The molecule has 0 radical (unpaired) electrons. The van der Waals surface area contributed by atoms with E-state index >= 15 is 0 Å². The van der Waals surface area contributed by atoms with Gasteiger partial charge in [-0.2, -0.15) is 4.98 Å². The molecule has 4 rings (SSSR count). The third kappa shape index (κ3) is 4.46. The van der Waals surface area contributed by atoms with E-state index in [0.29, 0.717) is 30.0 Å². The molecule has 2 aromatic rings. The summed E-state index contributed by atoms with van der Waals surface area (Å²) in [6.07, 6.45) is 4.05. The minimum absolute atomic E-state index is 0.110. The maximum Gasteiger partial charge on any atom is 0.258 e. The first-order valence-electron chi connectivity index (χ1n) is 11.2. The fourth-order valence-electron chi connectivity index (χ4n) is 4.45. The van der Waals surface area contributed by atoms with Crippen LogP contribution in [0.2, 0.25) is 0 Å². The van der Waals surface area contributed by atoms with Gasteiger partial charge in [0.15, 0.2) is 0 Å². The van der Waals surface area contributed by atoms with Gasteiger partial charge in [0.1, 0.15) is 11.6 Å². The molecule has 1 fully saturated rings. The van der Waals surface area contributed by atoms with Gasteiger partial charge in [0, 0.05) is 24.7 Å². The molecule has 2 atom stereocenters. The molecule has 2 aliphatic heterocycles. The number of anilines is 3. The zero-order valence-corrected chi connectivity index (χ0v) is 18.4. The van der Waals surface area contributed by atoms with E-state index in [2.05, 4.69) is 32.4 Å². The number of hydrogen-bond donors (Lipinski definition) is 3. The lowest BCUT2D eigenvalue weighted by Crippen LogP contribution is -2.43. The Kier molecular flexibility index (Phi) is 6.43. The number of carbonyl (C=O) groups is 2. The van der Waals surface area contributed by atoms with Gasteiger partial charge in [-0.3, -0.25) is 19.4 Å². The van der Waals surface area contributed by atoms with Crippen LogP contribution in [-0.2, 0) is 9.59 Å². The number of carbonyl (C=O) groups excluding carboxylic acids is 2. The maximum absolute atomic E-state index is 13.0. The predicted octanol–water partition coefficient (Wildman–Crippen LogP) is 3.00. The third-order valence-electron chi connectivity index (χ3n) is 6.06. The summed E-state index contributed by atoms with van der Waals surface area (Å²) in [5.74, 6) is -0.350. The number of fused-ring (bicyclic) bond motifs is 1. The molecule has 0 unspecified atom stereocenters. The fourth-order valence-corrected chi connectivity index (χ4v) is 4.45. The molecule has 170 valence electrons. The summed E-state index contributed by atoms with van der Waals surface area (Å²) in [6.45, 7) is 5.36. The van der Waals surface area contributed by atoms with Crippen LogP contribution in [0.1, 0.15) is 57.4 Å². The van der Waals surface area contributed by atoms with Crippen molar-refractivity contribution in [1.82, 2.24) is 9.97 Å². The van der Waals surface area contributed by atoms with Crippen LogP contribution in [0.15, 0.2) is 29.1 Å². The van der Waals surface area contributed by atoms with Crippen molar-refractivity contribution in [1.29, 1.82) is 0 Å². The van der Waals surface area contributed by atoms with Gasteiger partial charge in [-0.15, -0.1) is 0 Å². The van der Waals surface area contributed by atoms with Crippen LogP contribution in [-0.4, -0.2) is 41.0 Å². The van der Waals surface area contributed by atoms with Crippen molar-refractivity contribution in [3.63, 3.8) is 0 Å². The fraction of sp³-hybridized carbons (Fsp3) is 0.478. The first kappa shape index (κ1) is 21.9. The average Bonchev–Trinajstić information content (AvgIpc) is 2.79. The standard InChI is InChI=1S/C23H29N5O4/c1-3-15-7-5-6-12-28(15)23-26-20-19(22(31)27-23)17(13-18(29)25-20)21(30)24-14-8-10-16(11-9-14)32-4-2/h8-11,15,17H,3-7,12-13H2,1-2H3,(H,24,30)(H2,25,26,27,29,31)/t15-,17+/m0/s1. The number of amides is 2. The van der Waals surface area contributed by atoms with E-state index in [1.807, 2.05) is 6.92 Å². The molecule has 2 aliphatic rings. The number of hydrogen-bond acceptors (Lipinski definition) is 6. The van der Waals surface area contributed by atoms with Crippen LogP contribution >= 0.6 is 0 Å². The third-order valence-corrected chi connectivity index (χ3v) is 6.06. The maximum atomic E-state index is 13.0. The van der Waals surface area contributed by atoms with Crippen LogP contribution in [0.3, 0.4) is 0 Å². The molecule has 3 heterocycles. The molecule has 0 saturated carbocycles. The molecule has 3 N–H and O–H groups in total. The lowest BCUT2D eigenvalue weighted by molar-refractivity contribution is -0.123. The van der Waals surface area contributed by atoms with Crippen molar-refractivity contribution in [2.75, 3.05) is 28.7 Å². The van der Waals surface area contributed by atoms with E-state index in [4.69, 9.17) is 4.74 Å². The Hall–Kier alpha value is -3.36. The van der Waals surface area contributed by atoms with Gasteiger partial charge in [0.25, 0.3) is 5.56 Å². The number of ether oxygens (including phenoxy) is 1.